The second-order valence-corrected chi connectivity index (χ2v) is 7.89. The summed E-state index contributed by atoms with van der Waals surface area (Å²) in [5, 5.41) is 8.73. The third kappa shape index (κ3) is 3.70. The predicted molar refractivity (Wildman–Crippen MR) is 119 cm³/mol. The van der Waals surface area contributed by atoms with E-state index in [1.165, 1.54) is 0 Å². The van der Waals surface area contributed by atoms with E-state index in [1.807, 2.05) is 65.3 Å². The number of methoxy groups -OCH3 is 1. The molecule has 1 aliphatic carbocycles. The van der Waals surface area contributed by atoms with Crippen LogP contribution in [0, 0.1) is 0 Å². The van der Waals surface area contributed by atoms with Gasteiger partial charge in [0.2, 0.25) is 0 Å². The second kappa shape index (κ2) is 7.96. The number of benzene rings is 2. The molecule has 0 saturated carbocycles. The van der Waals surface area contributed by atoms with E-state index in [4.69, 9.17) is 25.9 Å². The van der Waals surface area contributed by atoms with Crippen LogP contribution in [0.4, 0.5) is 11.5 Å². The molecule has 6 nitrogen and oxygen atoms in total. The van der Waals surface area contributed by atoms with E-state index in [-0.39, 0.29) is 11.7 Å². The summed E-state index contributed by atoms with van der Waals surface area (Å²) in [6, 6.07) is 18.7. The molecule has 4 aromatic rings. The quantitative estimate of drug-likeness (QED) is 0.431. The molecule has 2 heterocycles. The average Bonchev–Trinajstić information content (AvgIpc) is 3.44. The van der Waals surface area contributed by atoms with Crippen molar-refractivity contribution in [1.29, 1.82) is 0 Å². The molecule has 0 bridgehead atoms. The molecule has 156 valence electrons. The van der Waals surface area contributed by atoms with Crippen molar-refractivity contribution in [3.63, 3.8) is 0 Å². The summed E-state index contributed by atoms with van der Waals surface area (Å²) in [5.74, 6) is 2.13. The molecule has 7 heteroatoms. The van der Waals surface area contributed by atoms with Crippen molar-refractivity contribution < 1.29 is 13.9 Å². The Kier molecular flexibility index (Phi) is 5.00. The van der Waals surface area contributed by atoms with Gasteiger partial charge in [-0.3, -0.25) is 4.79 Å². The molecule has 5 rings (SSSR count). The molecule has 2 aromatic heterocycles. The molecule has 31 heavy (non-hydrogen) atoms. The fraction of sp³-hybridized carbons (Fsp3) is 0.167. The SMILES string of the molecule is COc1ccc(Nc2nn(-c3ccc(Cl)cc3)c3c2C(=O)CC(c2ccco2)C3)cc1. The number of rotatable bonds is 5. The van der Waals surface area contributed by atoms with E-state index < -0.39 is 0 Å². The van der Waals surface area contributed by atoms with Crippen LogP contribution in [0.25, 0.3) is 5.69 Å². The standard InChI is InChI=1S/C24H20ClN3O3/c1-30-19-10-6-17(7-11-19)26-24-23-20(28(27-24)18-8-4-16(25)5-9-18)13-15(14-21(23)29)22-3-2-12-31-22/h2-12,15H,13-14H2,1H3,(H,26,27). The molecular weight excluding hydrogens is 414 g/mol. The smallest absolute Gasteiger partial charge is 0.169 e. The van der Waals surface area contributed by atoms with E-state index in [0.717, 1.165) is 28.6 Å². The Balaban J connectivity index is 1.58. The van der Waals surface area contributed by atoms with Gasteiger partial charge in [-0.1, -0.05) is 11.6 Å². The van der Waals surface area contributed by atoms with Crippen molar-refractivity contribution >= 4 is 28.9 Å². The molecule has 1 unspecified atom stereocenters. The van der Waals surface area contributed by atoms with Crippen LogP contribution < -0.4 is 10.1 Å². The number of hydrogen-bond acceptors (Lipinski definition) is 5. The maximum atomic E-state index is 13.2. The number of aromatic nitrogens is 2. The third-order valence-electron chi connectivity index (χ3n) is 5.50. The number of fused-ring (bicyclic) bond motifs is 1. The summed E-state index contributed by atoms with van der Waals surface area (Å²) >= 11 is 6.07. The lowest BCUT2D eigenvalue weighted by Crippen LogP contribution is -2.20. The van der Waals surface area contributed by atoms with Gasteiger partial charge in [0, 0.05) is 29.5 Å². The van der Waals surface area contributed by atoms with E-state index in [0.29, 0.717) is 29.2 Å². The van der Waals surface area contributed by atoms with Gasteiger partial charge in [0.15, 0.2) is 11.6 Å². The van der Waals surface area contributed by atoms with Crippen LogP contribution in [0.3, 0.4) is 0 Å². The average molecular weight is 434 g/mol. The molecule has 1 N–H and O–H groups in total. The summed E-state index contributed by atoms with van der Waals surface area (Å²) in [7, 11) is 1.63. The lowest BCUT2D eigenvalue weighted by molar-refractivity contribution is 0.0960. The van der Waals surface area contributed by atoms with Crippen LogP contribution in [0.2, 0.25) is 5.02 Å². The summed E-state index contributed by atoms with van der Waals surface area (Å²) in [5.41, 5.74) is 3.14. The summed E-state index contributed by atoms with van der Waals surface area (Å²) in [6.45, 7) is 0. The zero-order valence-corrected chi connectivity index (χ0v) is 17.6. The van der Waals surface area contributed by atoms with Gasteiger partial charge in [-0.15, -0.1) is 5.10 Å². The molecule has 1 aliphatic rings. The van der Waals surface area contributed by atoms with Gasteiger partial charge >= 0.3 is 0 Å². The maximum absolute atomic E-state index is 13.2. The maximum Gasteiger partial charge on any atom is 0.169 e. The lowest BCUT2D eigenvalue weighted by Gasteiger charge is -2.21. The lowest BCUT2D eigenvalue weighted by atomic mass is 9.85. The summed E-state index contributed by atoms with van der Waals surface area (Å²) in [6.07, 6.45) is 2.67. The van der Waals surface area contributed by atoms with Crippen LogP contribution in [0.5, 0.6) is 5.75 Å². The first-order chi connectivity index (χ1) is 15.1. The highest BCUT2D eigenvalue weighted by atomic mass is 35.5. The third-order valence-corrected chi connectivity index (χ3v) is 5.75. The summed E-state index contributed by atoms with van der Waals surface area (Å²) in [4.78, 5) is 13.2. The highest BCUT2D eigenvalue weighted by Crippen LogP contribution is 2.38. The van der Waals surface area contributed by atoms with Gasteiger partial charge in [-0.05, 0) is 60.7 Å². The predicted octanol–water partition coefficient (Wildman–Crippen LogP) is 5.78. The number of halogens is 1. The molecular formula is C24H20ClN3O3. The van der Waals surface area contributed by atoms with Crippen LogP contribution in [0.15, 0.2) is 71.3 Å². The normalized spacial score (nSPS) is 15.5. The number of ether oxygens (including phenoxy) is 1. The van der Waals surface area contributed by atoms with Gasteiger partial charge < -0.3 is 14.5 Å². The molecule has 0 radical (unpaired) electrons. The number of nitrogens with zero attached hydrogens (tertiary/aromatic N) is 2. The Bertz CT molecular complexity index is 1210. The Morgan fingerprint density at radius 3 is 2.55 bits per heavy atom. The number of anilines is 2. The fourth-order valence-corrected chi connectivity index (χ4v) is 4.11. The monoisotopic (exact) mass is 433 g/mol. The van der Waals surface area contributed by atoms with Crippen LogP contribution >= 0.6 is 11.6 Å². The van der Waals surface area contributed by atoms with Crippen LogP contribution in [-0.2, 0) is 6.42 Å². The fourth-order valence-electron chi connectivity index (χ4n) is 3.99. The van der Waals surface area contributed by atoms with Crippen molar-refractivity contribution in [3.05, 3.63) is 89.0 Å². The van der Waals surface area contributed by atoms with E-state index in [9.17, 15) is 4.79 Å². The zero-order chi connectivity index (χ0) is 21.4. The van der Waals surface area contributed by atoms with Crippen molar-refractivity contribution in [1.82, 2.24) is 9.78 Å². The number of Topliss-reactive ketones (excluding diaryl/α,β-unsaturated/α-hetero) is 1. The first-order valence-corrected chi connectivity index (χ1v) is 10.4. The number of carbonyl (C=O) groups is 1. The van der Waals surface area contributed by atoms with Crippen molar-refractivity contribution in [3.8, 4) is 11.4 Å². The highest BCUT2D eigenvalue weighted by molar-refractivity contribution is 6.30. The molecule has 2 aromatic carbocycles. The molecule has 1 atom stereocenters. The van der Waals surface area contributed by atoms with Gasteiger partial charge in [0.05, 0.1) is 30.3 Å². The van der Waals surface area contributed by atoms with E-state index in [2.05, 4.69) is 5.32 Å². The molecule has 0 saturated heterocycles. The minimum absolute atomic E-state index is 0.0217. The number of nitrogens with one attached hydrogen (secondary N) is 1. The highest BCUT2D eigenvalue weighted by Gasteiger charge is 2.34. The number of hydrogen-bond donors (Lipinski definition) is 1. The minimum atomic E-state index is -0.0217. The second-order valence-electron chi connectivity index (χ2n) is 7.46. The number of furan rings is 1. The Morgan fingerprint density at radius 1 is 1.10 bits per heavy atom. The summed E-state index contributed by atoms with van der Waals surface area (Å²) < 4.78 is 12.6. The van der Waals surface area contributed by atoms with Gasteiger partial charge in [0.1, 0.15) is 11.5 Å². The topological polar surface area (TPSA) is 69.3 Å². The molecule has 0 amide bonds. The Hall–Kier alpha value is -3.51. The van der Waals surface area contributed by atoms with Crippen molar-refractivity contribution in [2.75, 3.05) is 12.4 Å². The van der Waals surface area contributed by atoms with Gasteiger partial charge in [0.25, 0.3) is 0 Å². The first-order valence-electron chi connectivity index (χ1n) is 9.98. The zero-order valence-electron chi connectivity index (χ0n) is 16.8. The Labute approximate surface area is 184 Å². The van der Waals surface area contributed by atoms with Gasteiger partial charge in [-0.2, -0.15) is 0 Å². The van der Waals surface area contributed by atoms with Crippen molar-refractivity contribution in [2.45, 2.75) is 18.8 Å². The van der Waals surface area contributed by atoms with Crippen LogP contribution in [-0.4, -0.2) is 22.7 Å². The minimum Gasteiger partial charge on any atom is -0.497 e. The first kappa shape index (κ1) is 19.5. The largest absolute Gasteiger partial charge is 0.497 e. The van der Waals surface area contributed by atoms with Gasteiger partial charge in [-0.25, -0.2) is 4.68 Å². The van der Waals surface area contributed by atoms with E-state index >= 15 is 0 Å². The molecule has 0 fully saturated rings. The number of ketones is 1. The number of carbonyl (C=O) groups excluding carboxylic acids is 1. The van der Waals surface area contributed by atoms with E-state index in [1.54, 1.807) is 13.4 Å². The molecule has 0 aliphatic heterocycles. The van der Waals surface area contributed by atoms with Crippen molar-refractivity contribution in [2.24, 2.45) is 0 Å². The Morgan fingerprint density at radius 2 is 1.87 bits per heavy atom. The molecule has 0 spiro atoms. The van der Waals surface area contributed by atoms with Crippen LogP contribution in [0.1, 0.15) is 34.2 Å².